The van der Waals surface area contributed by atoms with Gasteiger partial charge in [-0.25, -0.2) is 0 Å². The van der Waals surface area contributed by atoms with Crippen LogP contribution in [0.5, 0.6) is 0 Å². The first-order valence-electron chi connectivity index (χ1n) is 7.91. The zero-order chi connectivity index (χ0) is 14.3. The highest BCUT2D eigenvalue weighted by Crippen LogP contribution is 2.43. The van der Waals surface area contributed by atoms with E-state index in [0.717, 1.165) is 0 Å². The standard InChI is InChI=1S/C16H31N3/c1-15(2,3)12-10-8-7-9-11-13-14(12)17-18-19(13)16(4,5)6/h12-14H,7-11H2,1-6H3. The minimum Gasteiger partial charge on any atom is -0.268 e. The van der Waals surface area contributed by atoms with Crippen LogP contribution in [-0.2, 0) is 0 Å². The van der Waals surface area contributed by atoms with Crippen LogP contribution in [0.3, 0.4) is 0 Å². The molecule has 3 atom stereocenters. The third-order valence-electron chi connectivity index (χ3n) is 4.72. The first kappa shape index (κ1) is 14.8. The topological polar surface area (TPSA) is 28.0 Å². The van der Waals surface area contributed by atoms with Gasteiger partial charge >= 0.3 is 0 Å². The summed E-state index contributed by atoms with van der Waals surface area (Å²) in [7, 11) is 0. The molecule has 0 bridgehead atoms. The SMILES string of the molecule is CC(C)(C)C1CCCCCC2C1N=NN2C(C)(C)C. The minimum atomic E-state index is 0.0878. The molecule has 0 amide bonds. The molecule has 110 valence electrons. The van der Waals surface area contributed by atoms with Crippen molar-refractivity contribution < 1.29 is 0 Å². The molecule has 1 heterocycles. The Labute approximate surface area is 118 Å². The van der Waals surface area contributed by atoms with E-state index in [4.69, 9.17) is 5.11 Å². The lowest BCUT2D eigenvalue weighted by molar-refractivity contribution is 0.0589. The average Bonchev–Trinajstić information content (AvgIpc) is 2.58. The number of rotatable bonds is 0. The molecule has 0 saturated heterocycles. The first-order valence-corrected chi connectivity index (χ1v) is 7.91. The maximum absolute atomic E-state index is 4.71. The Balaban J connectivity index is 2.25. The van der Waals surface area contributed by atoms with E-state index in [9.17, 15) is 0 Å². The molecule has 1 saturated carbocycles. The molecule has 3 nitrogen and oxygen atoms in total. The Morgan fingerprint density at radius 2 is 1.53 bits per heavy atom. The van der Waals surface area contributed by atoms with Crippen LogP contribution in [0.2, 0.25) is 0 Å². The zero-order valence-electron chi connectivity index (χ0n) is 13.6. The van der Waals surface area contributed by atoms with Crippen molar-refractivity contribution >= 4 is 0 Å². The van der Waals surface area contributed by atoms with E-state index in [-0.39, 0.29) is 5.54 Å². The van der Waals surface area contributed by atoms with Crippen molar-refractivity contribution in [3.05, 3.63) is 0 Å². The van der Waals surface area contributed by atoms with Crippen molar-refractivity contribution in [2.75, 3.05) is 0 Å². The van der Waals surface area contributed by atoms with Crippen molar-refractivity contribution in [1.29, 1.82) is 0 Å². The van der Waals surface area contributed by atoms with E-state index in [0.29, 0.717) is 23.4 Å². The fourth-order valence-corrected chi connectivity index (χ4v) is 3.69. The molecular weight excluding hydrogens is 234 g/mol. The van der Waals surface area contributed by atoms with Crippen molar-refractivity contribution in [2.45, 2.75) is 91.3 Å². The van der Waals surface area contributed by atoms with E-state index in [2.05, 4.69) is 51.8 Å². The molecule has 0 radical (unpaired) electrons. The smallest absolute Gasteiger partial charge is 0.0982 e. The minimum absolute atomic E-state index is 0.0878. The van der Waals surface area contributed by atoms with E-state index >= 15 is 0 Å². The molecule has 1 aliphatic heterocycles. The van der Waals surface area contributed by atoms with Crippen LogP contribution in [0.4, 0.5) is 0 Å². The van der Waals surface area contributed by atoms with Crippen molar-refractivity contribution in [2.24, 2.45) is 21.7 Å². The number of hydrogen-bond acceptors (Lipinski definition) is 3. The molecule has 0 spiro atoms. The molecule has 1 aliphatic carbocycles. The molecule has 19 heavy (non-hydrogen) atoms. The maximum Gasteiger partial charge on any atom is 0.0982 e. The van der Waals surface area contributed by atoms with E-state index in [1.54, 1.807) is 0 Å². The Kier molecular flexibility index (Phi) is 3.95. The van der Waals surface area contributed by atoms with Gasteiger partial charge < -0.3 is 0 Å². The summed E-state index contributed by atoms with van der Waals surface area (Å²) in [5.41, 5.74) is 0.414. The number of nitrogens with zero attached hydrogens (tertiary/aromatic N) is 3. The van der Waals surface area contributed by atoms with Crippen molar-refractivity contribution in [3.8, 4) is 0 Å². The predicted octanol–water partition coefficient (Wildman–Crippen LogP) is 4.83. The fourth-order valence-electron chi connectivity index (χ4n) is 3.69. The van der Waals surface area contributed by atoms with Gasteiger partial charge in [0, 0.05) is 0 Å². The molecule has 3 heteroatoms. The van der Waals surface area contributed by atoms with Crippen LogP contribution < -0.4 is 0 Å². The number of hydrogen-bond donors (Lipinski definition) is 0. The molecule has 3 unspecified atom stereocenters. The number of fused-ring (bicyclic) bond motifs is 1. The summed E-state index contributed by atoms with van der Waals surface area (Å²) in [4.78, 5) is 0. The Hall–Kier alpha value is -0.600. The highest BCUT2D eigenvalue weighted by atomic mass is 15.6. The van der Waals surface area contributed by atoms with Gasteiger partial charge in [-0.05, 0) is 44.9 Å². The molecule has 1 fully saturated rings. The highest BCUT2D eigenvalue weighted by molar-refractivity contribution is 4.98. The lowest BCUT2D eigenvalue weighted by Gasteiger charge is -2.42. The quantitative estimate of drug-likeness (QED) is 0.616. The Bertz CT molecular complexity index is 335. The molecule has 0 aromatic carbocycles. The van der Waals surface area contributed by atoms with Crippen molar-refractivity contribution in [1.82, 2.24) is 5.01 Å². The largest absolute Gasteiger partial charge is 0.268 e. The maximum atomic E-state index is 4.71. The van der Waals surface area contributed by atoms with Gasteiger partial charge in [-0.3, -0.25) is 5.01 Å². The molecule has 2 rings (SSSR count). The van der Waals surface area contributed by atoms with Gasteiger partial charge in [0.05, 0.1) is 17.6 Å². The molecule has 0 aromatic rings. The lowest BCUT2D eigenvalue weighted by atomic mass is 9.70. The summed E-state index contributed by atoms with van der Waals surface area (Å²) in [6, 6.07) is 0.920. The molecule has 0 aromatic heterocycles. The van der Waals surface area contributed by atoms with Crippen molar-refractivity contribution in [3.63, 3.8) is 0 Å². The second kappa shape index (κ2) is 5.06. The summed E-state index contributed by atoms with van der Waals surface area (Å²) in [5.74, 6) is 0.661. The van der Waals surface area contributed by atoms with Crippen LogP contribution >= 0.6 is 0 Å². The third-order valence-corrected chi connectivity index (χ3v) is 4.72. The summed E-state index contributed by atoms with van der Waals surface area (Å²) < 4.78 is 0. The van der Waals surface area contributed by atoms with Crippen LogP contribution in [-0.4, -0.2) is 22.6 Å². The average molecular weight is 265 g/mol. The Morgan fingerprint density at radius 1 is 0.895 bits per heavy atom. The van der Waals surface area contributed by atoms with Crippen LogP contribution in [0.1, 0.15) is 73.6 Å². The fraction of sp³-hybridized carbons (Fsp3) is 1.00. The van der Waals surface area contributed by atoms with Crippen LogP contribution in [0.15, 0.2) is 10.3 Å². The van der Waals surface area contributed by atoms with Gasteiger partial charge in [-0.15, -0.1) is 0 Å². The van der Waals surface area contributed by atoms with Crippen LogP contribution in [0.25, 0.3) is 0 Å². The molecule has 2 aliphatic rings. The lowest BCUT2D eigenvalue weighted by Crippen LogP contribution is -2.49. The summed E-state index contributed by atoms with van der Waals surface area (Å²) in [5, 5.41) is 11.5. The van der Waals surface area contributed by atoms with E-state index in [1.165, 1.54) is 32.1 Å². The molecule has 0 N–H and O–H groups in total. The molecular formula is C16H31N3. The van der Waals surface area contributed by atoms with Gasteiger partial charge in [0.15, 0.2) is 0 Å². The van der Waals surface area contributed by atoms with E-state index < -0.39 is 0 Å². The Morgan fingerprint density at radius 3 is 2.11 bits per heavy atom. The van der Waals surface area contributed by atoms with Crippen LogP contribution in [0, 0.1) is 11.3 Å². The van der Waals surface area contributed by atoms with Gasteiger partial charge in [0.2, 0.25) is 0 Å². The normalized spacial score (nSPS) is 32.9. The van der Waals surface area contributed by atoms with Gasteiger partial charge in [-0.1, -0.05) is 45.3 Å². The second-order valence-corrected chi connectivity index (χ2v) is 8.39. The predicted molar refractivity (Wildman–Crippen MR) is 80.1 cm³/mol. The zero-order valence-corrected chi connectivity index (χ0v) is 13.6. The van der Waals surface area contributed by atoms with Gasteiger partial charge in [0.1, 0.15) is 0 Å². The third kappa shape index (κ3) is 3.11. The second-order valence-electron chi connectivity index (χ2n) is 8.39. The summed E-state index contributed by atoms with van der Waals surface area (Å²) >= 11 is 0. The summed E-state index contributed by atoms with van der Waals surface area (Å²) in [6.45, 7) is 13.8. The van der Waals surface area contributed by atoms with E-state index in [1.807, 2.05) is 0 Å². The van der Waals surface area contributed by atoms with Gasteiger partial charge in [0.25, 0.3) is 0 Å². The first-order chi connectivity index (χ1) is 8.71. The monoisotopic (exact) mass is 265 g/mol. The van der Waals surface area contributed by atoms with Gasteiger partial charge in [-0.2, -0.15) is 5.11 Å². The summed E-state index contributed by atoms with van der Waals surface area (Å²) in [6.07, 6.45) is 6.61. The highest BCUT2D eigenvalue weighted by Gasteiger charge is 2.45.